The molecule has 3 aromatic carbocycles. The number of esters is 1. The molecule has 0 aliphatic rings. The van der Waals surface area contributed by atoms with Crippen molar-refractivity contribution in [3.05, 3.63) is 114 Å². The zero-order valence-electron chi connectivity index (χ0n) is 28.5. The summed E-state index contributed by atoms with van der Waals surface area (Å²) in [6, 6.07) is 24.8. The molecule has 0 saturated carbocycles. The molecule has 47 heavy (non-hydrogen) atoms. The fourth-order valence-electron chi connectivity index (χ4n) is 5.59. The summed E-state index contributed by atoms with van der Waals surface area (Å²) in [5.74, 6) is 0.325. The van der Waals surface area contributed by atoms with E-state index in [0.29, 0.717) is 24.3 Å². The van der Waals surface area contributed by atoms with Crippen LogP contribution >= 0.6 is 0 Å². The van der Waals surface area contributed by atoms with Crippen LogP contribution in [0.15, 0.2) is 91.5 Å². The molecule has 3 rings (SSSR count). The number of benzene rings is 3. The fourth-order valence-corrected chi connectivity index (χ4v) is 5.59. The maximum atomic E-state index is 12.2. The van der Waals surface area contributed by atoms with Crippen LogP contribution in [0.2, 0.25) is 0 Å². The van der Waals surface area contributed by atoms with Crippen LogP contribution < -0.4 is 4.74 Å². The number of rotatable bonds is 26. The Morgan fingerprint density at radius 1 is 0.574 bits per heavy atom. The van der Waals surface area contributed by atoms with Crippen molar-refractivity contribution in [3.63, 3.8) is 0 Å². The highest BCUT2D eigenvalue weighted by Crippen LogP contribution is 2.17. The largest absolute Gasteiger partial charge is 0.427 e. The lowest BCUT2D eigenvalue weighted by atomic mass is 10.0. The Kier molecular flexibility index (Phi) is 19.6. The van der Waals surface area contributed by atoms with E-state index in [4.69, 9.17) is 9.47 Å². The van der Waals surface area contributed by atoms with Crippen molar-refractivity contribution in [2.24, 2.45) is 0 Å². The van der Waals surface area contributed by atoms with Crippen molar-refractivity contribution < 1.29 is 19.1 Å². The molecule has 0 aromatic heterocycles. The van der Waals surface area contributed by atoms with E-state index in [9.17, 15) is 9.59 Å². The minimum Gasteiger partial charge on any atom is -0.427 e. The van der Waals surface area contributed by atoms with Crippen molar-refractivity contribution in [3.8, 4) is 5.75 Å². The predicted molar refractivity (Wildman–Crippen MR) is 197 cm³/mol. The highest BCUT2D eigenvalue weighted by Gasteiger charge is 2.05. The summed E-state index contributed by atoms with van der Waals surface area (Å²) in [7, 11) is 0. The van der Waals surface area contributed by atoms with Gasteiger partial charge in [0.25, 0.3) is 0 Å². The molecule has 0 aliphatic heterocycles. The summed E-state index contributed by atoms with van der Waals surface area (Å²) < 4.78 is 11.3. The second-order valence-electron chi connectivity index (χ2n) is 12.5. The van der Waals surface area contributed by atoms with Gasteiger partial charge in [-0.05, 0) is 47.7 Å². The first-order chi connectivity index (χ1) is 23.1. The summed E-state index contributed by atoms with van der Waals surface area (Å²) in [6.45, 7) is 5.35. The summed E-state index contributed by atoms with van der Waals surface area (Å²) in [4.78, 5) is 24.4. The Labute approximate surface area is 284 Å². The van der Waals surface area contributed by atoms with Crippen LogP contribution in [0.4, 0.5) is 0 Å². The molecule has 4 heteroatoms. The van der Waals surface area contributed by atoms with Gasteiger partial charge in [0, 0.05) is 18.6 Å². The first kappa shape index (κ1) is 37.7. The Hall–Kier alpha value is -3.76. The number of unbranched alkanes of at least 4 members (excludes halogenated alkanes) is 15. The van der Waals surface area contributed by atoms with Crippen LogP contribution in [0.1, 0.15) is 136 Å². The molecule has 0 aliphatic carbocycles. The molecular weight excluding hydrogens is 580 g/mol. The van der Waals surface area contributed by atoms with E-state index in [0.717, 1.165) is 37.0 Å². The molecule has 0 saturated heterocycles. The van der Waals surface area contributed by atoms with Crippen molar-refractivity contribution in [2.45, 2.75) is 116 Å². The number of carbonyl (C=O) groups excluding carboxylic acids is 2. The van der Waals surface area contributed by atoms with Crippen LogP contribution in [0.5, 0.6) is 5.75 Å². The number of carbonyl (C=O) groups is 2. The SMILES string of the molecule is C=Cc1ccc(COCCCCCCCCCCCCCCCCCCC(=O)Oc2ccc(C=CC(=O)c3ccccc3)cc2)cc1. The van der Waals surface area contributed by atoms with Gasteiger partial charge in [-0.2, -0.15) is 0 Å². The van der Waals surface area contributed by atoms with E-state index in [2.05, 4.69) is 30.8 Å². The molecule has 0 N–H and O–H groups in total. The molecule has 0 unspecified atom stereocenters. The van der Waals surface area contributed by atoms with Crippen LogP contribution in [-0.2, 0) is 16.1 Å². The highest BCUT2D eigenvalue weighted by molar-refractivity contribution is 6.06. The number of ether oxygens (including phenoxy) is 2. The Morgan fingerprint density at radius 3 is 1.64 bits per heavy atom. The number of ketones is 1. The Balaban J connectivity index is 1.04. The van der Waals surface area contributed by atoms with Gasteiger partial charge in [0.1, 0.15) is 5.75 Å². The van der Waals surface area contributed by atoms with Crippen LogP contribution in [-0.4, -0.2) is 18.4 Å². The quantitative estimate of drug-likeness (QED) is 0.0289. The molecule has 4 nitrogen and oxygen atoms in total. The lowest BCUT2D eigenvalue weighted by Gasteiger charge is -2.06. The third-order valence-corrected chi connectivity index (χ3v) is 8.50. The van der Waals surface area contributed by atoms with Gasteiger partial charge in [-0.15, -0.1) is 0 Å². The molecule has 0 spiro atoms. The Bertz CT molecular complexity index is 1290. The number of hydrogen-bond acceptors (Lipinski definition) is 4. The van der Waals surface area contributed by atoms with E-state index in [1.165, 1.54) is 89.0 Å². The highest BCUT2D eigenvalue weighted by atomic mass is 16.5. The van der Waals surface area contributed by atoms with Crippen LogP contribution in [0.25, 0.3) is 12.2 Å². The topological polar surface area (TPSA) is 52.6 Å². The molecule has 252 valence electrons. The van der Waals surface area contributed by atoms with Gasteiger partial charge in [-0.1, -0.05) is 175 Å². The minimum atomic E-state index is -0.181. The average Bonchev–Trinajstić information content (AvgIpc) is 3.11. The molecule has 0 radical (unpaired) electrons. The van der Waals surface area contributed by atoms with Gasteiger partial charge >= 0.3 is 5.97 Å². The summed E-state index contributed by atoms with van der Waals surface area (Å²) >= 11 is 0. The van der Waals surface area contributed by atoms with Gasteiger partial charge in [-0.25, -0.2) is 0 Å². The average molecular weight is 637 g/mol. The van der Waals surface area contributed by atoms with E-state index in [1.54, 1.807) is 36.4 Å². The zero-order valence-corrected chi connectivity index (χ0v) is 28.5. The van der Waals surface area contributed by atoms with Crippen molar-refractivity contribution in [1.82, 2.24) is 0 Å². The molecular formula is C43H56O4. The summed E-state index contributed by atoms with van der Waals surface area (Å²) in [6.07, 6.45) is 26.0. The molecule has 0 fully saturated rings. The van der Waals surface area contributed by atoms with Crippen LogP contribution in [0, 0.1) is 0 Å². The van der Waals surface area contributed by atoms with Crippen molar-refractivity contribution in [1.29, 1.82) is 0 Å². The Morgan fingerprint density at radius 2 is 1.09 bits per heavy atom. The lowest BCUT2D eigenvalue weighted by molar-refractivity contribution is -0.134. The molecule has 3 aromatic rings. The molecule has 0 heterocycles. The first-order valence-corrected chi connectivity index (χ1v) is 18.0. The van der Waals surface area contributed by atoms with E-state index in [1.807, 2.05) is 36.4 Å². The smallest absolute Gasteiger partial charge is 0.311 e. The summed E-state index contributed by atoms with van der Waals surface area (Å²) in [5, 5.41) is 0. The van der Waals surface area contributed by atoms with Crippen LogP contribution in [0.3, 0.4) is 0 Å². The third-order valence-electron chi connectivity index (χ3n) is 8.50. The van der Waals surface area contributed by atoms with E-state index in [-0.39, 0.29) is 11.8 Å². The van der Waals surface area contributed by atoms with Crippen molar-refractivity contribution >= 4 is 23.9 Å². The van der Waals surface area contributed by atoms with Gasteiger partial charge in [0.2, 0.25) is 0 Å². The second-order valence-corrected chi connectivity index (χ2v) is 12.5. The fraction of sp³-hybridized carbons (Fsp3) is 0.442. The predicted octanol–water partition coefficient (Wildman–Crippen LogP) is 12.0. The second kappa shape index (κ2) is 24.4. The van der Waals surface area contributed by atoms with E-state index >= 15 is 0 Å². The maximum Gasteiger partial charge on any atom is 0.311 e. The molecule has 0 bridgehead atoms. The van der Waals surface area contributed by atoms with Crippen molar-refractivity contribution in [2.75, 3.05) is 6.61 Å². The van der Waals surface area contributed by atoms with Gasteiger partial charge in [-0.3, -0.25) is 9.59 Å². The number of allylic oxidation sites excluding steroid dienone is 1. The maximum absolute atomic E-state index is 12.2. The van der Waals surface area contributed by atoms with Gasteiger partial charge < -0.3 is 9.47 Å². The molecule has 0 amide bonds. The first-order valence-electron chi connectivity index (χ1n) is 18.0. The summed E-state index contributed by atoms with van der Waals surface area (Å²) in [5.41, 5.74) is 3.93. The zero-order chi connectivity index (χ0) is 33.2. The minimum absolute atomic E-state index is 0.0367. The lowest BCUT2D eigenvalue weighted by Crippen LogP contribution is -2.07. The monoisotopic (exact) mass is 636 g/mol. The normalized spacial score (nSPS) is 11.1. The van der Waals surface area contributed by atoms with Gasteiger partial charge in [0.05, 0.1) is 6.61 Å². The van der Waals surface area contributed by atoms with Gasteiger partial charge in [0.15, 0.2) is 5.78 Å². The van der Waals surface area contributed by atoms with E-state index < -0.39 is 0 Å². The number of hydrogen-bond donors (Lipinski definition) is 0. The third kappa shape index (κ3) is 17.7. The standard InChI is InChI=1S/C43H56O4/c1-2-37-25-27-39(28-26-37)36-46-35-21-16-14-12-10-8-6-4-3-5-7-9-11-13-15-20-24-43(45)47-41-32-29-38(30-33-41)31-34-42(44)40-22-18-17-19-23-40/h2,17-19,22-23,25-34H,1,3-16,20-21,24,35-36H2. The molecule has 0 atom stereocenters.